The topological polar surface area (TPSA) is 136 Å². The van der Waals surface area contributed by atoms with Crippen molar-refractivity contribution < 1.29 is 27.7 Å². The Morgan fingerprint density at radius 1 is 1.42 bits per heavy atom. The molecular weight excluding hydrogens is 366 g/mol. The molecule has 1 saturated heterocycles. The number of non-ortho nitro benzene ring substituents is 1. The van der Waals surface area contributed by atoms with Crippen LogP contribution in [0.3, 0.4) is 0 Å². The average Bonchev–Trinajstić information content (AvgIpc) is 3.05. The number of nitrogens with zero attached hydrogens (tertiary/aromatic N) is 2. The highest BCUT2D eigenvalue weighted by Crippen LogP contribution is 2.22. The molecule has 1 aromatic carbocycles. The lowest BCUT2D eigenvalue weighted by atomic mass is 10.2. The van der Waals surface area contributed by atoms with Gasteiger partial charge in [0.25, 0.3) is 11.6 Å². The van der Waals surface area contributed by atoms with Crippen LogP contribution in [0.15, 0.2) is 24.3 Å². The van der Waals surface area contributed by atoms with E-state index < -0.39 is 39.0 Å². The molecule has 1 aliphatic rings. The molecule has 1 aliphatic heterocycles. The molecule has 11 heteroatoms. The molecule has 2 rings (SSSR count). The Bertz CT molecular complexity index is 824. The van der Waals surface area contributed by atoms with Crippen molar-refractivity contribution in [1.29, 1.82) is 0 Å². The zero-order valence-electron chi connectivity index (χ0n) is 14.2. The Labute approximate surface area is 150 Å². The molecule has 0 saturated carbocycles. The third kappa shape index (κ3) is 4.76. The van der Waals surface area contributed by atoms with Crippen LogP contribution in [0, 0.1) is 10.1 Å². The molecule has 1 heterocycles. The zero-order valence-corrected chi connectivity index (χ0v) is 15.1. The fraction of sp³-hybridized carbons (Fsp3) is 0.467. The largest absolute Gasteiger partial charge is 0.451 e. The predicted molar refractivity (Wildman–Crippen MR) is 91.9 cm³/mol. The Kier molecular flexibility index (Phi) is 5.93. The Morgan fingerprint density at radius 3 is 2.73 bits per heavy atom. The molecular formula is C15H19N3O7S. The smallest absolute Gasteiger partial charge is 0.325 e. The first kappa shape index (κ1) is 19.8. The van der Waals surface area contributed by atoms with Crippen molar-refractivity contribution in [1.82, 2.24) is 4.31 Å². The lowest BCUT2D eigenvalue weighted by Gasteiger charge is -2.22. The van der Waals surface area contributed by atoms with Crippen LogP contribution in [0.1, 0.15) is 19.8 Å². The number of anilines is 1. The molecule has 142 valence electrons. The van der Waals surface area contributed by atoms with Gasteiger partial charge < -0.3 is 10.1 Å². The number of hydrogen-bond donors (Lipinski definition) is 1. The van der Waals surface area contributed by atoms with E-state index in [4.69, 9.17) is 4.74 Å². The van der Waals surface area contributed by atoms with Gasteiger partial charge in [-0.2, -0.15) is 4.31 Å². The molecule has 1 fully saturated rings. The second kappa shape index (κ2) is 7.79. The SMILES string of the molecule is CC(OC(=O)C1CCCN1S(C)(=O)=O)C(=O)Nc1cccc([N+](=O)[O-])c1. The van der Waals surface area contributed by atoms with Crippen LogP contribution < -0.4 is 5.32 Å². The minimum absolute atomic E-state index is 0.186. The molecule has 1 aromatic rings. The van der Waals surface area contributed by atoms with Crippen LogP contribution in [0.2, 0.25) is 0 Å². The maximum atomic E-state index is 12.2. The van der Waals surface area contributed by atoms with Gasteiger partial charge in [0, 0.05) is 24.4 Å². The number of nitro benzene ring substituents is 1. The highest BCUT2D eigenvalue weighted by atomic mass is 32.2. The van der Waals surface area contributed by atoms with Crippen molar-refractivity contribution in [2.45, 2.75) is 31.9 Å². The molecule has 0 radical (unpaired) electrons. The van der Waals surface area contributed by atoms with E-state index in [1.807, 2.05) is 0 Å². The average molecular weight is 385 g/mol. The Hall–Kier alpha value is -2.53. The summed E-state index contributed by atoms with van der Waals surface area (Å²) in [5.74, 6) is -1.47. The maximum Gasteiger partial charge on any atom is 0.325 e. The van der Waals surface area contributed by atoms with Gasteiger partial charge in [-0.05, 0) is 25.8 Å². The van der Waals surface area contributed by atoms with Crippen molar-refractivity contribution >= 4 is 33.3 Å². The monoisotopic (exact) mass is 385 g/mol. The van der Waals surface area contributed by atoms with Crippen molar-refractivity contribution in [3.8, 4) is 0 Å². The van der Waals surface area contributed by atoms with E-state index in [0.717, 1.165) is 10.6 Å². The number of hydrogen-bond acceptors (Lipinski definition) is 7. The number of rotatable bonds is 6. The van der Waals surface area contributed by atoms with E-state index >= 15 is 0 Å². The molecule has 2 unspecified atom stereocenters. The molecule has 0 aliphatic carbocycles. The number of sulfonamides is 1. The lowest BCUT2D eigenvalue weighted by molar-refractivity contribution is -0.384. The van der Waals surface area contributed by atoms with E-state index in [2.05, 4.69) is 5.32 Å². The first-order chi connectivity index (χ1) is 12.1. The van der Waals surface area contributed by atoms with Crippen molar-refractivity contribution in [3.63, 3.8) is 0 Å². The lowest BCUT2D eigenvalue weighted by Crippen LogP contribution is -2.43. The van der Waals surface area contributed by atoms with Gasteiger partial charge in [-0.25, -0.2) is 8.42 Å². The van der Waals surface area contributed by atoms with Gasteiger partial charge in [0.1, 0.15) is 6.04 Å². The number of benzene rings is 1. The van der Waals surface area contributed by atoms with Gasteiger partial charge in [-0.3, -0.25) is 19.7 Å². The third-order valence-corrected chi connectivity index (χ3v) is 5.18. The third-order valence-electron chi connectivity index (χ3n) is 3.89. The minimum atomic E-state index is -3.55. The second-order valence-electron chi connectivity index (χ2n) is 5.91. The number of amides is 1. The van der Waals surface area contributed by atoms with Crippen molar-refractivity contribution in [3.05, 3.63) is 34.4 Å². The van der Waals surface area contributed by atoms with Crippen LogP contribution in [-0.2, 0) is 24.3 Å². The summed E-state index contributed by atoms with van der Waals surface area (Å²) in [5.41, 5.74) is -0.00655. The number of nitro groups is 1. The van der Waals surface area contributed by atoms with E-state index in [-0.39, 0.29) is 17.9 Å². The van der Waals surface area contributed by atoms with Gasteiger partial charge in [0.15, 0.2) is 6.10 Å². The number of ether oxygens (including phenoxy) is 1. The summed E-state index contributed by atoms with van der Waals surface area (Å²) < 4.78 is 29.5. The molecule has 0 bridgehead atoms. The zero-order chi connectivity index (χ0) is 19.5. The number of esters is 1. The molecule has 26 heavy (non-hydrogen) atoms. The molecule has 10 nitrogen and oxygen atoms in total. The maximum absolute atomic E-state index is 12.2. The second-order valence-corrected chi connectivity index (χ2v) is 7.84. The highest BCUT2D eigenvalue weighted by Gasteiger charge is 2.38. The van der Waals surface area contributed by atoms with Gasteiger partial charge in [-0.1, -0.05) is 6.07 Å². The van der Waals surface area contributed by atoms with Crippen LogP contribution in [0.5, 0.6) is 0 Å². The summed E-state index contributed by atoms with van der Waals surface area (Å²) in [6, 6.07) is 4.38. The fourth-order valence-corrected chi connectivity index (χ4v) is 3.73. The van der Waals surface area contributed by atoms with Crippen LogP contribution in [-0.4, -0.2) is 54.5 Å². The summed E-state index contributed by atoms with van der Waals surface area (Å²) in [7, 11) is -3.55. The first-order valence-corrected chi connectivity index (χ1v) is 9.67. The molecule has 1 amide bonds. The minimum Gasteiger partial charge on any atom is -0.451 e. The van der Waals surface area contributed by atoms with Crippen LogP contribution in [0.25, 0.3) is 0 Å². The summed E-state index contributed by atoms with van der Waals surface area (Å²) >= 11 is 0. The van der Waals surface area contributed by atoms with E-state index in [0.29, 0.717) is 12.8 Å². The van der Waals surface area contributed by atoms with Gasteiger partial charge >= 0.3 is 5.97 Å². The summed E-state index contributed by atoms with van der Waals surface area (Å²) in [5, 5.41) is 13.2. The van der Waals surface area contributed by atoms with E-state index in [9.17, 15) is 28.1 Å². The number of carbonyl (C=O) groups excluding carboxylic acids is 2. The van der Waals surface area contributed by atoms with Gasteiger partial charge in [0.2, 0.25) is 10.0 Å². The number of nitrogens with one attached hydrogen (secondary N) is 1. The predicted octanol–water partition coefficient (Wildman–Crippen LogP) is 0.889. The van der Waals surface area contributed by atoms with Gasteiger partial charge in [0.05, 0.1) is 11.2 Å². The molecule has 0 spiro atoms. The molecule has 2 atom stereocenters. The summed E-state index contributed by atoms with van der Waals surface area (Å²) in [6.45, 7) is 1.57. The quantitative estimate of drug-likeness (QED) is 0.436. The fourth-order valence-electron chi connectivity index (χ4n) is 2.62. The Morgan fingerprint density at radius 2 is 2.12 bits per heavy atom. The normalized spacial score (nSPS) is 18.9. The molecule has 0 aromatic heterocycles. The Balaban J connectivity index is 1.99. The van der Waals surface area contributed by atoms with Crippen molar-refractivity contribution in [2.24, 2.45) is 0 Å². The number of carbonyl (C=O) groups is 2. The van der Waals surface area contributed by atoms with Gasteiger partial charge in [-0.15, -0.1) is 0 Å². The summed E-state index contributed by atoms with van der Waals surface area (Å²) in [6.07, 6.45) is 0.673. The van der Waals surface area contributed by atoms with Crippen LogP contribution in [0.4, 0.5) is 11.4 Å². The first-order valence-electron chi connectivity index (χ1n) is 7.82. The van der Waals surface area contributed by atoms with Crippen molar-refractivity contribution in [2.75, 3.05) is 18.1 Å². The van der Waals surface area contributed by atoms with E-state index in [1.165, 1.54) is 31.2 Å². The molecule has 1 N–H and O–H groups in total. The van der Waals surface area contributed by atoms with E-state index in [1.54, 1.807) is 0 Å². The van der Waals surface area contributed by atoms with Crippen LogP contribution >= 0.6 is 0 Å². The summed E-state index contributed by atoms with van der Waals surface area (Å²) in [4.78, 5) is 34.5. The highest BCUT2D eigenvalue weighted by molar-refractivity contribution is 7.88. The standard InChI is InChI=1S/C15H19N3O7S/c1-10(14(19)16-11-5-3-6-12(9-11)18(21)22)25-15(20)13-7-4-8-17(13)26(2,23)24/h3,5-6,9-10,13H,4,7-8H2,1-2H3,(H,16,19).